The summed E-state index contributed by atoms with van der Waals surface area (Å²) in [7, 11) is 0. The first-order chi connectivity index (χ1) is 8.74. The molecule has 1 saturated heterocycles. The number of nitrogens with one attached hydrogen (secondary N) is 1. The van der Waals surface area contributed by atoms with Crippen LogP contribution in [0.4, 0.5) is 0 Å². The molecule has 0 bridgehead atoms. The number of nitrogens with zero attached hydrogens (tertiary/aromatic N) is 1. The Balaban J connectivity index is 1.98. The highest BCUT2D eigenvalue weighted by Crippen LogP contribution is 2.15. The predicted molar refractivity (Wildman–Crippen MR) is 73.4 cm³/mol. The van der Waals surface area contributed by atoms with E-state index in [0.717, 1.165) is 32.4 Å². The fraction of sp³-hybridized carbons (Fsp3) is 0.929. The lowest BCUT2D eigenvalue weighted by Crippen LogP contribution is -2.39. The van der Waals surface area contributed by atoms with Crippen LogP contribution in [0, 0.1) is 0 Å². The van der Waals surface area contributed by atoms with Crippen molar-refractivity contribution in [1.29, 1.82) is 0 Å². The van der Waals surface area contributed by atoms with Gasteiger partial charge in [0.05, 0.1) is 0 Å². The molecule has 1 unspecified atom stereocenters. The van der Waals surface area contributed by atoms with Gasteiger partial charge in [-0.25, -0.2) is 0 Å². The van der Waals surface area contributed by atoms with Crippen molar-refractivity contribution in [3.05, 3.63) is 0 Å². The van der Waals surface area contributed by atoms with E-state index < -0.39 is 0 Å². The third-order valence-electron chi connectivity index (χ3n) is 3.70. The number of piperidine rings is 1. The fourth-order valence-corrected chi connectivity index (χ4v) is 2.49. The number of hydrogen-bond acceptors (Lipinski definition) is 3. The van der Waals surface area contributed by atoms with Crippen molar-refractivity contribution < 1.29 is 9.90 Å². The lowest BCUT2D eigenvalue weighted by Gasteiger charge is -2.33. The van der Waals surface area contributed by atoms with Crippen molar-refractivity contribution in [2.75, 3.05) is 26.2 Å². The van der Waals surface area contributed by atoms with Crippen molar-refractivity contribution in [3.8, 4) is 0 Å². The molecule has 0 radical (unpaired) electrons. The minimum atomic E-state index is 0.121. The zero-order valence-electron chi connectivity index (χ0n) is 11.7. The molecule has 1 atom stereocenters. The van der Waals surface area contributed by atoms with E-state index in [1.807, 2.05) is 0 Å². The maximum Gasteiger partial charge on any atom is 0.219 e. The molecule has 0 saturated carbocycles. The molecule has 1 rings (SSSR count). The number of rotatable bonds is 8. The summed E-state index contributed by atoms with van der Waals surface area (Å²) in [4.78, 5) is 14.0. The molecule has 0 aromatic rings. The molecule has 0 aromatic heterocycles. The summed E-state index contributed by atoms with van der Waals surface area (Å²) in [6, 6.07) is 0.707. The van der Waals surface area contributed by atoms with Crippen molar-refractivity contribution in [3.63, 3.8) is 0 Å². The van der Waals surface area contributed by atoms with Gasteiger partial charge in [0.2, 0.25) is 5.91 Å². The first kappa shape index (κ1) is 15.4. The Morgan fingerprint density at radius 1 is 1.33 bits per heavy atom. The second-order valence-corrected chi connectivity index (χ2v) is 5.26. The Morgan fingerprint density at radius 2 is 2.17 bits per heavy atom. The molecular formula is C14H28N2O2. The first-order valence-corrected chi connectivity index (χ1v) is 7.35. The van der Waals surface area contributed by atoms with Crippen LogP contribution >= 0.6 is 0 Å². The van der Waals surface area contributed by atoms with Crippen LogP contribution in [0.2, 0.25) is 0 Å². The third kappa shape index (κ3) is 6.36. The molecule has 1 aliphatic heterocycles. The summed E-state index contributed by atoms with van der Waals surface area (Å²) < 4.78 is 0. The van der Waals surface area contributed by atoms with E-state index in [4.69, 9.17) is 5.11 Å². The quantitative estimate of drug-likeness (QED) is 0.648. The van der Waals surface area contributed by atoms with Gasteiger partial charge in [-0.1, -0.05) is 6.42 Å². The summed E-state index contributed by atoms with van der Waals surface area (Å²) in [6.07, 6.45) is 7.07. The zero-order chi connectivity index (χ0) is 13.2. The predicted octanol–water partition coefficient (Wildman–Crippen LogP) is 1.53. The molecule has 0 aromatic carbocycles. The molecule has 4 nitrogen and oxygen atoms in total. The van der Waals surface area contributed by atoms with Gasteiger partial charge in [0.15, 0.2) is 0 Å². The summed E-state index contributed by atoms with van der Waals surface area (Å²) in [5.41, 5.74) is 0. The molecule has 1 aliphatic rings. The van der Waals surface area contributed by atoms with E-state index in [-0.39, 0.29) is 12.5 Å². The molecule has 1 fully saturated rings. The van der Waals surface area contributed by atoms with Crippen LogP contribution in [0.5, 0.6) is 0 Å². The molecule has 18 heavy (non-hydrogen) atoms. The Hall–Kier alpha value is -0.610. The monoisotopic (exact) mass is 256 g/mol. The van der Waals surface area contributed by atoms with Crippen molar-refractivity contribution >= 4 is 5.91 Å². The van der Waals surface area contributed by atoms with Crippen LogP contribution in [-0.4, -0.2) is 48.2 Å². The van der Waals surface area contributed by atoms with Crippen LogP contribution in [0.3, 0.4) is 0 Å². The number of aliphatic hydroxyl groups is 1. The maximum absolute atomic E-state index is 11.4. The van der Waals surface area contributed by atoms with E-state index in [9.17, 15) is 4.79 Å². The number of unbranched alkanes of at least 4 members (excludes halogenated alkanes) is 1. The van der Waals surface area contributed by atoms with Crippen molar-refractivity contribution in [1.82, 2.24) is 10.2 Å². The first-order valence-electron chi connectivity index (χ1n) is 7.35. The lowest BCUT2D eigenvalue weighted by molar-refractivity contribution is -0.121. The number of amides is 1. The molecule has 1 amide bonds. The van der Waals surface area contributed by atoms with Gasteiger partial charge < -0.3 is 15.3 Å². The molecule has 0 spiro atoms. The number of likely N-dealkylation sites (tertiary alicyclic amines) is 1. The van der Waals surface area contributed by atoms with Crippen LogP contribution in [0.15, 0.2) is 0 Å². The van der Waals surface area contributed by atoms with Gasteiger partial charge in [-0.2, -0.15) is 0 Å². The summed E-state index contributed by atoms with van der Waals surface area (Å²) in [6.45, 7) is 5.57. The summed E-state index contributed by atoms with van der Waals surface area (Å²) >= 11 is 0. The summed E-state index contributed by atoms with van der Waals surface area (Å²) in [5.74, 6) is 0.121. The smallest absolute Gasteiger partial charge is 0.219 e. The minimum Gasteiger partial charge on any atom is -0.396 e. The molecule has 2 N–H and O–H groups in total. The molecular weight excluding hydrogens is 228 g/mol. The Labute approximate surface area is 111 Å². The van der Waals surface area contributed by atoms with Crippen LogP contribution in [0.1, 0.15) is 51.9 Å². The van der Waals surface area contributed by atoms with E-state index >= 15 is 0 Å². The number of carbonyl (C=O) groups excluding carboxylic acids is 1. The minimum absolute atomic E-state index is 0.121. The second-order valence-electron chi connectivity index (χ2n) is 5.26. The van der Waals surface area contributed by atoms with Gasteiger partial charge in [0.1, 0.15) is 0 Å². The van der Waals surface area contributed by atoms with Crippen molar-refractivity contribution in [2.24, 2.45) is 0 Å². The lowest BCUT2D eigenvalue weighted by atomic mass is 10.0. The Morgan fingerprint density at radius 3 is 2.89 bits per heavy atom. The standard InChI is InChI=1S/C14H28N2O2/c1-13-7-2-4-10-16(13)11-6-9-15-14(18)8-3-5-12-17/h13,17H,2-12H2,1H3,(H,15,18). The van der Waals surface area contributed by atoms with E-state index in [1.54, 1.807) is 0 Å². The normalized spacial score (nSPS) is 20.9. The number of hydrogen-bond donors (Lipinski definition) is 2. The van der Waals surface area contributed by atoms with Gasteiger partial charge in [-0.05, 0) is 45.6 Å². The average Bonchev–Trinajstić information content (AvgIpc) is 2.37. The van der Waals surface area contributed by atoms with E-state index in [0.29, 0.717) is 12.5 Å². The van der Waals surface area contributed by atoms with Gasteiger partial charge in [-0.3, -0.25) is 4.79 Å². The SMILES string of the molecule is CC1CCCCN1CCCNC(=O)CCCCO. The van der Waals surface area contributed by atoms with Gasteiger partial charge in [0, 0.05) is 32.2 Å². The largest absolute Gasteiger partial charge is 0.396 e. The maximum atomic E-state index is 11.4. The summed E-state index contributed by atoms with van der Waals surface area (Å²) in [5, 5.41) is 11.6. The van der Waals surface area contributed by atoms with Crippen LogP contribution in [0.25, 0.3) is 0 Å². The van der Waals surface area contributed by atoms with Gasteiger partial charge in [-0.15, -0.1) is 0 Å². The molecule has 106 valence electrons. The topological polar surface area (TPSA) is 52.6 Å². The van der Waals surface area contributed by atoms with E-state index in [1.165, 1.54) is 25.8 Å². The number of carbonyl (C=O) groups is 1. The highest BCUT2D eigenvalue weighted by atomic mass is 16.2. The fourth-order valence-electron chi connectivity index (χ4n) is 2.49. The van der Waals surface area contributed by atoms with Crippen LogP contribution in [-0.2, 0) is 4.79 Å². The van der Waals surface area contributed by atoms with Crippen LogP contribution < -0.4 is 5.32 Å². The second kappa shape index (κ2) is 9.34. The molecule has 4 heteroatoms. The third-order valence-corrected chi connectivity index (χ3v) is 3.70. The Bertz CT molecular complexity index is 234. The van der Waals surface area contributed by atoms with Gasteiger partial charge >= 0.3 is 0 Å². The van der Waals surface area contributed by atoms with Crippen molar-refractivity contribution in [2.45, 2.75) is 57.9 Å². The molecule has 0 aliphatic carbocycles. The number of aliphatic hydroxyl groups excluding tert-OH is 1. The highest BCUT2D eigenvalue weighted by Gasteiger charge is 2.17. The average molecular weight is 256 g/mol. The molecule has 1 heterocycles. The van der Waals surface area contributed by atoms with Gasteiger partial charge in [0.25, 0.3) is 0 Å². The highest BCUT2D eigenvalue weighted by molar-refractivity contribution is 5.75. The Kier molecular flexibility index (Phi) is 8.01. The zero-order valence-corrected chi connectivity index (χ0v) is 11.7. The van der Waals surface area contributed by atoms with E-state index in [2.05, 4.69) is 17.1 Å².